The van der Waals surface area contributed by atoms with Crippen molar-refractivity contribution in [2.24, 2.45) is 5.73 Å². The van der Waals surface area contributed by atoms with E-state index in [1.54, 1.807) is 12.4 Å². The summed E-state index contributed by atoms with van der Waals surface area (Å²) in [6.45, 7) is 1.30. The molecule has 0 atom stereocenters. The third-order valence-electron chi connectivity index (χ3n) is 3.81. The summed E-state index contributed by atoms with van der Waals surface area (Å²) in [7, 11) is 0. The molecule has 0 saturated heterocycles. The summed E-state index contributed by atoms with van der Waals surface area (Å²) >= 11 is 0. The van der Waals surface area contributed by atoms with Crippen LogP contribution in [0.3, 0.4) is 0 Å². The Morgan fingerprint density at radius 3 is 2.95 bits per heavy atom. The van der Waals surface area contributed by atoms with Crippen molar-refractivity contribution < 1.29 is 4.39 Å². The Morgan fingerprint density at radius 2 is 2.19 bits per heavy atom. The van der Waals surface area contributed by atoms with E-state index < -0.39 is 0 Å². The summed E-state index contributed by atoms with van der Waals surface area (Å²) in [4.78, 5) is 9.02. The lowest BCUT2D eigenvalue weighted by atomic mass is 10.3. The molecule has 1 aliphatic carbocycles. The van der Waals surface area contributed by atoms with Crippen LogP contribution in [0, 0.1) is 5.82 Å². The Kier molecular flexibility index (Phi) is 2.78. The maximum absolute atomic E-state index is 13.4. The topological polar surface area (TPSA) is 61.7 Å². The molecule has 2 aromatic heterocycles. The molecule has 0 unspecified atom stereocenters. The van der Waals surface area contributed by atoms with Gasteiger partial charge in [0.1, 0.15) is 11.5 Å². The SMILES string of the molecule is NCCn1cnc(-c2nc3cc(F)ccc3n2C2CC2)c1. The monoisotopic (exact) mass is 285 g/mol. The second-order valence-corrected chi connectivity index (χ2v) is 5.46. The number of rotatable bonds is 4. The highest BCUT2D eigenvalue weighted by Crippen LogP contribution is 2.40. The molecule has 1 fully saturated rings. The number of imidazole rings is 2. The van der Waals surface area contributed by atoms with Gasteiger partial charge in [-0.25, -0.2) is 14.4 Å². The largest absolute Gasteiger partial charge is 0.335 e. The average Bonchev–Trinajstić information content (AvgIpc) is 3.08. The van der Waals surface area contributed by atoms with Crippen molar-refractivity contribution >= 4 is 11.0 Å². The minimum absolute atomic E-state index is 0.261. The highest BCUT2D eigenvalue weighted by Gasteiger charge is 2.29. The van der Waals surface area contributed by atoms with Crippen LogP contribution in [0.1, 0.15) is 18.9 Å². The molecule has 1 saturated carbocycles. The van der Waals surface area contributed by atoms with Gasteiger partial charge in [-0.3, -0.25) is 0 Å². The molecular formula is C15H16FN5. The van der Waals surface area contributed by atoms with Gasteiger partial charge < -0.3 is 14.9 Å². The minimum atomic E-state index is -0.261. The predicted octanol–water partition coefficient (Wildman–Crippen LogP) is 2.33. The van der Waals surface area contributed by atoms with Gasteiger partial charge in [0.2, 0.25) is 0 Å². The highest BCUT2D eigenvalue weighted by molar-refractivity contribution is 5.80. The quantitative estimate of drug-likeness (QED) is 0.800. The van der Waals surface area contributed by atoms with Crippen molar-refractivity contribution in [3.8, 4) is 11.5 Å². The van der Waals surface area contributed by atoms with E-state index in [0.29, 0.717) is 18.1 Å². The summed E-state index contributed by atoms with van der Waals surface area (Å²) in [5.74, 6) is 0.553. The van der Waals surface area contributed by atoms with Crippen LogP contribution in [-0.2, 0) is 6.54 Å². The summed E-state index contributed by atoms with van der Waals surface area (Å²) in [5, 5.41) is 0. The lowest BCUT2D eigenvalue weighted by Crippen LogP contribution is -2.07. The Bertz CT molecular complexity index is 800. The number of fused-ring (bicyclic) bond motifs is 1. The average molecular weight is 285 g/mol. The first-order chi connectivity index (χ1) is 10.3. The maximum atomic E-state index is 13.4. The zero-order chi connectivity index (χ0) is 14.4. The van der Waals surface area contributed by atoms with Crippen LogP contribution in [0.4, 0.5) is 4.39 Å². The smallest absolute Gasteiger partial charge is 0.161 e. The highest BCUT2D eigenvalue weighted by atomic mass is 19.1. The fourth-order valence-electron chi connectivity index (χ4n) is 2.70. The molecular weight excluding hydrogens is 269 g/mol. The van der Waals surface area contributed by atoms with Gasteiger partial charge in [0, 0.05) is 31.4 Å². The van der Waals surface area contributed by atoms with Crippen molar-refractivity contribution in [3.05, 3.63) is 36.5 Å². The molecule has 0 bridgehead atoms. The zero-order valence-corrected chi connectivity index (χ0v) is 11.5. The summed E-state index contributed by atoms with van der Waals surface area (Å²) in [5.41, 5.74) is 8.04. The van der Waals surface area contributed by atoms with Crippen LogP contribution in [0.5, 0.6) is 0 Å². The van der Waals surface area contributed by atoms with E-state index in [0.717, 1.165) is 36.4 Å². The molecule has 1 aromatic carbocycles. The molecule has 0 amide bonds. The van der Waals surface area contributed by atoms with Crippen LogP contribution in [-0.4, -0.2) is 25.6 Å². The van der Waals surface area contributed by atoms with Crippen LogP contribution in [0.25, 0.3) is 22.6 Å². The van der Waals surface area contributed by atoms with E-state index >= 15 is 0 Å². The number of nitrogens with two attached hydrogens (primary N) is 1. The van der Waals surface area contributed by atoms with Crippen molar-refractivity contribution in [2.45, 2.75) is 25.4 Å². The van der Waals surface area contributed by atoms with E-state index in [1.807, 2.05) is 10.8 Å². The van der Waals surface area contributed by atoms with Crippen molar-refractivity contribution in [1.29, 1.82) is 0 Å². The first kappa shape index (κ1) is 12.5. The number of hydrogen-bond acceptors (Lipinski definition) is 3. The molecule has 4 rings (SSSR count). The molecule has 21 heavy (non-hydrogen) atoms. The summed E-state index contributed by atoms with van der Waals surface area (Å²) in [6.07, 6.45) is 5.99. The molecule has 5 nitrogen and oxygen atoms in total. The number of aromatic nitrogens is 4. The number of hydrogen-bond donors (Lipinski definition) is 1. The van der Waals surface area contributed by atoms with Gasteiger partial charge in [0.15, 0.2) is 5.82 Å². The van der Waals surface area contributed by atoms with Gasteiger partial charge in [-0.1, -0.05) is 0 Å². The molecule has 6 heteroatoms. The van der Waals surface area contributed by atoms with Crippen LogP contribution < -0.4 is 5.73 Å². The predicted molar refractivity (Wildman–Crippen MR) is 78.2 cm³/mol. The van der Waals surface area contributed by atoms with Crippen molar-refractivity contribution in [3.63, 3.8) is 0 Å². The molecule has 2 N–H and O–H groups in total. The van der Waals surface area contributed by atoms with E-state index in [-0.39, 0.29) is 5.82 Å². The van der Waals surface area contributed by atoms with Crippen LogP contribution in [0.2, 0.25) is 0 Å². The molecule has 108 valence electrons. The van der Waals surface area contributed by atoms with Gasteiger partial charge in [0.05, 0.1) is 17.4 Å². The number of nitrogens with zero attached hydrogens (tertiary/aromatic N) is 4. The van der Waals surface area contributed by atoms with Gasteiger partial charge in [0.25, 0.3) is 0 Å². The van der Waals surface area contributed by atoms with Gasteiger partial charge in [-0.15, -0.1) is 0 Å². The molecule has 1 aliphatic rings. The van der Waals surface area contributed by atoms with E-state index in [9.17, 15) is 4.39 Å². The molecule has 0 aliphatic heterocycles. The minimum Gasteiger partial charge on any atom is -0.335 e. The molecule has 0 radical (unpaired) electrons. The second-order valence-electron chi connectivity index (χ2n) is 5.46. The van der Waals surface area contributed by atoms with E-state index in [1.165, 1.54) is 12.1 Å². The van der Waals surface area contributed by atoms with Gasteiger partial charge in [-0.2, -0.15) is 0 Å². The zero-order valence-electron chi connectivity index (χ0n) is 11.5. The maximum Gasteiger partial charge on any atom is 0.161 e. The van der Waals surface area contributed by atoms with Crippen LogP contribution >= 0.6 is 0 Å². The first-order valence-electron chi connectivity index (χ1n) is 7.16. The van der Waals surface area contributed by atoms with Crippen molar-refractivity contribution in [2.75, 3.05) is 6.54 Å². The first-order valence-corrected chi connectivity index (χ1v) is 7.16. The number of benzene rings is 1. The Morgan fingerprint density at radius 1 is 1.33 bits per heavy atom. The van der Waals surface area contributed by atoms with Gasteiger partial charge >= 0.3 is 0 Å². The van der Waals surface area contributed by atoms with Gasteiger partial charge in [-0.05, 0) is 25.0 Å². The number of halogens is 1. The fraction of sp³-hybridized carbons (Fsp3) is 0.333. The Hall–Kier alpha value is -2.21. The summed E-state index contributed by atoms with van der Waals surface area (Å²) in [6, 6.07) is 5.22. The summed E-state index contributed by atoms with van der Waals surface area (Å²) < 4.78 is 17.6. The second kappa shape index (κ2) is 4.66. The fourth-order valence-corrected chi connectivity index (χ4v) is 2.70. The standard InChI is InChI=1S/C15H16FN5/c16-10-1-4-14-12(7-10)19-15(21(14)11-2-3-11)13-8-20(6-5-17)9-18-13/h1,4,7-9,11H,2-3,5-6,17H2. The molecule has 0 spiro atoms. The molecule has 2 heterocycles. The van der Waals surface area contributed by atoms with Crippen molar-refractivity contribution in [1.82, 2.24) is 19.1 Å². The Labute approximate surface area is 121 Å². The molecule has 3 aromatic rings. The lowest BCUT2D eigenvalue weighted by molar-refractivity contribution is 0.629. The normalized spacial score (nSPS) is 15.0. The Balaban J connectivity index is 1.88. The van der Waals surface area contributed by atoms with Crippen LogP contribution in [0.15, 0.2) is 30.7 Å². The van der Waals surface area contributed by atoms with E-state index in [2.05, 4.69) is 14.5 Å². The third-order valence-corrected chi connectivity index (χ3v) is 3.81. The lowest BCUT2D eigenvalue weighted by Gasteiger charge is -2.05. The van der Waals surface area contributed by atoms with E-state index in [4.69, 9.17) is 5.73 Å². The third kappa shape index (κ3) is 2.12.